The van der Waals surface area contributed by atoms with E-state index < -0.39 is 0 Å². The SMILES string of the molecule is CC(C)=CCC/C(C)=C/C=C/CCCCCCCCCOC(=O)C1CC1. The molecule has 0 unspecified atom stereocenters. The summed E-state index contributed by atoms with van der Waals surface area (Å²) in [5.41, 5.74) is 2.87. The van der Waals surface area contributed by atoms with Crippen LogP contribution in [0.3, 0.4) is 0 Å². The van der Waals surface area contributed by atoms with Crippen molar-refractivity contribution in [3.63, 3.8) is 0 Å². The van der Waals surface area contributed by atoms with E-state index in [4.69, 9.17) is 4.74 Å². The first-order valence-corrected chi connectivity index (χ1v) is 10.7. The highest BCUT2D eigenvalue weighted by Crippen LogP contribution is 2.30. The fourth-order valence-corrected chi connectivity index (χ4v) is 2.86. The Balaban J connectivity index is 1.83. The second-order valence-electron chi connectivity index (χ2n) is 7.97. The maximum Gasteiger partial charge on any atom is 0.308 e. The van der Waals surface area contributed by atoms with Crippen LogP contribution in [0.25, 0.3) is 0 Å². The van der Waals surface area contributed by atoms with Crippen molar-refractivity contribution in [3.8, 4) is 0 Å². The molecule has 1 rings (SSSR count). The predicted molar refractivity (Wildman–Crippen MR) is 112 cm³/mol. The Labute approximate surface area is 161 Å². The van der Waals surface area contributed by atoms with Gasteiger partial charge in [0.25, 0.3) is 0 Å². The first-order valence-electron chi connectivity index (χ1n) is 10.7. The number of carbonyl (C=O) groups is 1. The zero-order valence-corrected chi connectivity index (χ0v) is 17.4. The molecule has 148 valence electrons. The summed E-state index contributed by atoms with van der Waals surface area (Å²) in [5.74, 6) is 0.280. The Kier molecular flexibility index (Phi) is 13.0. The maximum absolute atomic E-state index is 11.4. The summed E-state index contributed by atoms with van der Waals surface area (Å²) in [4.78, 5) is 11.4. The van der Waals surface area contributed by atoms with E-state index in [1.54, 1.807) is 0 Å². The summed E-state index contributed by atoms with van der Waals surface area (Å²) in [5, 5.41) is 0. The molecule has 0 radical (unpaired) electrons. The van der Waals surface area contributed by atoms with Crippen LogP contribution in [-0.4, -0.2) is 12.6 Å². The van der Waals surface area contributed by atoms with E-state index in [-0.39, 0.29) is 11.9 Å². The van der Waals surface area contributed by atoms with Gasteiger partial charge in [-0.3, -0.25) is 4.79 Å². The molecule has 0 aromatic carbocycles. The summed E-state index contributed by atoms with van der Waals surface area (Å²) >= 11 is 0. The minimum absolute atomic E-state index is 0.0380. The number of hydrogen-bond acceptors (Lipinski definition) is 2. The van der Waals surface area contributed by atoms with Crippen molar-refractivity contribution >= 4 is 5.97 Å². The van der Waals surface area contributed by atoms with Crippen LogP contribution in [0.15, 0.2) is 35.5 Å². The van der Waals surface area contributed by atoms with Crippen LogP contribution < -0.4 is 0 Å². The van der Waals surface area contributed by atoms with Crippen molar-refractivity contribution in [1.29, 1.82) is 0 Å². The Hall–Kier alpha value is -1.31. The highest BCUT2D eigenvalue weighted by molar-refractivity contribution is 5.74. The van der Waals surface area contributed by atoms with Crippen LogP contribution in [0, 0.1) is 5.92 Å². The largest absolute Gasteiger partial charge is 0.465 e. The molecule has 0 N–H and O–H groups in total. The third-order valence-corrected chi connectivity index (χ3v) is 4.78. The van der Waals surface area contributed by atoms with Gasteiger partial charge in [0.15, 0.2) is 0 Å². The third kappa shape index (κ3) is 13.9. The van der Waals surface area contributed by atoms with E-state index in [0.29, 0.717) is 6.61 Å². The van der Waals surface area contributed by atoms with Crippen molar-refractivity contribution in [3.05, 3.63) is 35.5 Å². The average molecular weight is 361 g/mol. The van der Waals surface area contributed by atoms with Gasteiger partial charge in [0.05, 0.1) is 12.5 Å². The molecule has 1 aliphatic carbocycles. The molecular weight excluding hydrogens is 320 g/mol. The Morgan fingerprint density at radius 2 is 1.58 bits per heavy atom. The lowest BCUT2D eigenvalue weighted by Gasteiger charge is -2.04. The molecule has 0 atom stereocenters. The van der Waals surface area contributed by atoms with Gasteiger partial charge < -0.3 is 4.74 Å². The molecule has 0 heterocycles. The average Bonchev–Trinajstić information content (AvgIpc) is 3.43. The fraction of sp³-hybridized carbons (Fsp3) is 0.708. The highest BCUT2D eigenvalue weighted by Gasteiger charge is 2.30. The molecule has 1 saturated carbocycles. The molecule has 2 nitrogen and oxygen atoms in total. The van der Waals surface area contributed by atoms with Crippen molar-refractivity contribution in [2.24, 2.45) is 5.92 Å². The number of ether oxygens (including phenoxy) is 1. The van der Waals surface area contributed by atoms with Crippen LogP contribution in [0.4, 0.5) is 0 Å². The fourth-order valence-electron chi connectivity index (χ4n) is 2.86. The monoisotopic (exact) mass is 360 g/mol. The van der Waals surface area contributed by atoms with Crippen LogP contribution in [-0.2, 0) is 9.53 Å². The molecule has 0 amide bonds. The molecule has 0 bridgehead atoms. The maximum atomic E-state index is 11.4. The van der Waals surface area contributed by atoms with Crippen molar-refractivity contribution in [1.82, 2.24) is 0 Å². The lowest BCUT2D eigenvalue weighted by molar-refractivity contribution is -0.145. The van der Waals surface area contributed by atoms with Crippen LogP contribution >= 0.6 is 0 Å². The predicted octanol–water partition coefficient (Wildman–Crippen LogP) is 7.31. The smallest absolute Gasteiger partial charge is 0.308 e. The Morgan fingerprint density at radius 3 is 2.23 bits per heavy atom. The highest BCUT2D eigenvalue weighted by atomic mass is 16.5. The number of rotatable bonds is 15. The van der Waals surface area contributed by atoms with Gasteiger partial charge in [0.1, 0.15) is 0 Å². The van der Waals surface area contributed by atoms with Gasteiger partial charge in [-0.25, -0.2) is 0 Å². The summed E-state index contributed by atoms with van der Waals surface area (Å²) in [6.07, 6.45) is 23.4. The standard InChI is InChI=1S/C24H40O2/c1-21(2)15-14-17-22(3)16-12-10-8-6-4-5-7-9-11-13-20-26-24(25)23-18-19-23/h10,12,15-16,23H,4-9,11,13-14,17-20H2,1-3H3/b12-10+,22-16+. The second-order valence-corrected chi connectivity index (χ2v) is 7.97. The molecule has 0 spiro atoms. The van der Waals surface area contributed by atoms with Gasteiger partial charge in [0, 0.05) is 0 Å². The van der Waals surface area contributed by atoms with E-state index in [2.05, 4.69) is 45.1 Å². The van der Waals surface area contributed by atoms with E-state index in [9.17, 15) is 4.79 Å². The molecule has 0 saturated heterocycles. The lowest BCUT2D eigenvalue weighted by atomic mass is 10.1. The summed E-state index contributed by atoms with van der Waals surface area (Å²) < 4.78 is 5.24. The Bertz CT molecular complexity index is 463. The normalized spacial score (nSPS) is 14.7. The second kappa shape index (κ2) is 14.8. The van der Waals surface area contributed by atoms with Gasteiger partial charge in [0.2, 0.25) is 0 Å². The van der Waals surface area contributed by atoms with E-state index in [0.717, 1.165) is 32.1 Å². The summed E-state index contributed by atoms with van der Waals surface area (Å²) in [7, 11) is 0. The van der Waals surface area contributed by atoms with Gasteiger partial charge >= 0.3 is 5.97 Å². The topological polar surface area (TPSA) is 26.3 Å². The van der Waals surface area contributed by atoms with Crippen molar-refractivity contribution in [2.45, 2.75) is 97.8 Å². The van der Waals surface area contributed by atoms with Crippen LogP contribution in [0.1, 0.15) is 97.8 Å². The zero-order chi connectivity index (χ0) is 19.0. The molecule has 26 heavy (non-hydrogen) atoms. The zero-order valence-electron chi connectivity index (χ0n) is 17.4. The number of hydrogen-bond donors (Lipinski definition) is 0. The summed E-state index contributed by atoms with van der Waals surface area (Å²) in [6.45, 7) is 7.16. The van der Waals surface area contributed by atoms with Gasteiger partial charge in [-0.15, -0.1) is 0 Å². The van der Waals surface area contributed by atoms with Gasteiger partial charge in [-0.2, -0.15) is 0 Å². The van der Waals surface area contributed by atoms with Crippen molar-refractivity contribution < 1.29 is 9.53 Å². The van der Waals surface area contributed by atoms with E-state index in [1.165, 1.54) is 56.1 Å². The Morgan fingerprint density at radius 1 is 0.923 bits per heavy atom. The molecule has 0 aliphatic heterocycles. The lowest BCUT2D eigenvalue weighted by Crippen LogP contribution is -2.07. The third-order valence-electron chi connectivity index (χ3n) is 4.78. The van der Waals surface area contributed by atoms with Crippen LogP contribution in [0.5, 0.6) is 0 Å². The number of allylic oxidation sites excluding steroid dienone is 6. The van der Waals surface area contributed by atoms with Crippen molar-refractivity contribution in [2.75, 3.05) is 6.61 Å². The molecule has 1 aliphatic rings. The number of carbonyl (C=O) groups excluding carboxylic acids is 1. The molecule has 0 aromatic rings. The molecular formula is C24H40O2. The van der Waals surface area contributed by atoms with Gasteiger partial charge in [-0.1, -0.05) is 67.6 Å². The first kappa shape index (κ1) is 22.7. The van der Waals surface area contributed by atoms with Gasteiger partial charge in [-0.05, 0) is 65.7 Å². The quantitative estimate of drug-likeness (QED) is 0.132. The van der Waals surface area contributed by atoms with Crippen LogP contribution in [0.2, 0.25) is 0 Å². The number of esters is 1. The summed E-state index contributed by atoms with van der Waals surface area (Å²) in [6, 6.07) is 0. The van der Waals surface area contributed by atoms with E-state index in [1.807, 2.05) is 0 Å². The minimum atomic E-state index is 0.0380. The number of unbranched alkanes of at least 4 members (excludes halogenated alkanes) is 7. The molecule has 1 fully saturated rings. The molecule has 2 heteroatoms. The van der Waals surface area contributed by atoms with E-state index >= 15 is 0 Å². The first-order chi connectivity index (χ1) is 12.6. The minimum Gasteiger partial charge on any atom is -0.465 e. The molecule has 0 aromatic heterocycles.